The van der Waals surface area contributed by atoms with E-state index in [0.29, 0.717) is 18.6 Å². The molecule has 2 rings (SSSR count). The summed E-state index contributed by atoms with van der Waals surface area (Å²) in [6.07, 6.45) is 1.08. The van der Waals surface area contributed by atoms with Crippen LogP contribution < -0.4 is 9.47 Å². The zero-order valence-corrected chi connectivity index (χ0v) is 11.5. The molecule has 1 atom stereocenters. The molecular formula is C14H20ClNO2. The van der Waals surface area contributed by atoms with E-state index >= 15 is 0 Å². The van der Waals surface area contributed by atoms with Gasteiger partial charge in [-0.1, -0.05) is 12.1 Å². The van der Waals surface area contributed by atoms with Crippen LogP contribution in [0.4, 0.5) is 0 Å². The molecule has 18 heavy (non-hydrogen) atoms. The Morgan fingerprint density at radius 2 is 2.00 bits per heavy atom. The summed E-state index contributed by atoms with van der Waals surface area (Å²) in [4.78, 5) is 2.33. The Labute approximate surface area is 114 Å². The fourth-order valence-electron chi connectivity index (χ4n) is 2.12. The van der Waals surface area contributed by atoms with Gasteiger partial charge in [-0.15, -0.1) is 11.6 Å². The Morgan fingerprint density at radius 3 is 2.61 bits per heavy atom. The van der Waals surface area contributed by atoms with Crippen LogP contribution in [-0.4, -0.2) is 43.1 Å². The molecule has 0 bridgehead atoms. The number of ether oxygens (including phenoxy) is 2. The van der Waals surface area contributed by atoms with Crippen LogP contribution in [0.1, 0.15) is 13.3 Å². The van der Waals surface area contributed by atoms with Gasteiger partial charge in [0.15, 0.2) is 11.5 Å². The molecule has 1 aromatic carbocycles. The van der Waals surface area contributed by atoms with Gasteiger partial charge in [0.2, 0.25) is 0 Å². The molecule has 0 aromatic heterocycles. The summed E-state index contributed by atoms with van der Waals surface area (Å²) in [7, 11) is 0. The second-order valence-electron chi connectivity index (χ2n) is 4.41. The highest BCUT2D eigenvalue weighted by atomic mass is 35.5. The Balaban J connectivity index is 1.79. The van der Waals surface area contributed by atoms with Gasteiger partial charge >= 0.3 is 0 Å². The number of hydrogen-bond donors (Lipinski definition) is 0. The van der Waals surface area contributed by atoms with Gasteiger partial charge in [-0.05, 0) is 32.0 Å². The molecule has 4 heteroatoms. The van der Waals surface area contributed by atoms with Crippen molar-refractivity contribution in [1.82, 2.24) is 4.90 Å². The van der Waals surface area contributed by atoms with E-state index in [4.69, 9.17) is 21.1 Å². The highest BCUT2D eigenvalue weighted by Crippen LogP contribution is 2.26. The predicted octanol–water partition coefficient (Wildman–Crippen LogP) is 2.78. The van der Waals surface area contributed by atoms with Crippen molar-refractivity contribution in [1.29, 1.82) is 0 Å². The average molecular weight is 270 g/mol. The number of para-hydroxylation sites is 2. The lowest BCUT2D eigenvalue weighted by Gasteiger charge is -2.16. The van der Waals surface area contributed by atoms with E-state index in [-0.39, 0.29) is 0 Å². The third kappa shape index (κ3) is 3.79. The first-order valence-electron chi connectivity index (χ1n) is 6.50. The van der Waals surface area contributed by atoms with Crippen molar-refractivity contribution < 1.29 is 9.47 Å². The number of halogens is 1. The minimum absolute atomic E-state index is 0.306. The van der Waals surface area contributed by atoms with Gasteiger partial charge in [0.05, 0.1) is 6.61 Å². The van der Waals surface area contributed by atoms with E-state index in [0.717, 1.165) is 37.6 Å². The predicted molar refractivity (Wildman–Crippen MR) is 73.8 cm³/mol. The number of benzene rings is 1. The molecule has 1 aliphatic heterocycles. The minimum atomic E-state index is 0.306. The van der Waals surface area contributed by atoms with Gasteiger partial charge in [-0.3, -0.25) is 4.90 Å². The fraction of sp³-hybridized carbons (Fsp3) is 0.571. The number of rotatable bonds is 6. The largest absolute Gasteiger partial charge is 0.490 e. The van der Waals surface area contributed by atoms with E-state index in [1.807, 2.05) is 31.2 Å². The van der Waals surface area contributed by atoms with Crippen molar-refractivity contribution in [3.63, 3.8) is 0 Å². The van der Waals surface area contributed by atoms with Crippen LogP contribution >= 0.6 is 11.6 Å². The molecule has 0 amide bonds. The second-order valence-corrected chi connectivity index (χ2v) is 5.03. The first kappa shape index (κ1) is 13.5. The normalized spacial score (nSPS) is 20.0. The molecule has 1 fully saturated rings. The molecule has 0 N–H and O–H groups in total. The zero-order chi connectivity index (χ0) is 12.8. The van der Waals surface area contributed by atoms with Crippen LogP contribution in [0.5, 0.6) is 11.5 Å². The molecule has 1 unspecified atom stereocenters. The van der Waals surface area contributed by atoms with Crippen molar-refractivity contribution in [2.75, 3.05) is 32.8 Å². The van der Waals surface area contributed by atoms with Gasteiger partial charge in [-0.2, -0.15) is 0 Å². The first-order chi connectivity index (χ1) is 8.79. The maximum atomic E-state index is 6.07. The van der Waals surface area contributed by atoms with Gasteiger partial charge < -0.3 is 9.47 Å². The SMILES string of the molecule is CCOc1ccccc1OCCN1CCC(Cl)C1. The Kier molecular flexibility index (Phi) is 5.14. The molecule has 100 valence electrons. The summed E-state index contributed by atoms with van der Waals surface area (Å²) in [6, 6.07) is 7.79. The van der Waals surface area contributed by atoms with Crippen molar-refractivity contribution >= 4 is 11.6 Å². The monoisotopic (exact) mass is 269 g/mol. The Bertz CT molecular complexity index is 373. The standard InChI is InChI=1S/C14H20ClNO2/c1-2-17-13-5-3-4-6-14(13)18-10-9-16-8-7-12(15)11-16/h3-6,12H,2,7-11H2,1H3. The Morgan fingerprint density at radius 1 is 1.28 bits per heavy atom. The molecule has 1 aliphatic rings. The van der Waals surface area contributed by atoms with E-state index in [1.54, 1.807) is 0 Å². The summed E-state index contributed by atoms with van der Waals surface area (Å²) < 4.78 is 11.3. The Hall–Kier alpha value is -0.930. The van der Waals surface area contributed by atoms with Crippen LogP contribution in [0, 0.1) is 0 Å². The maximum Gasteiger partial charge on any atom is 0.161 e. The molecule has 1 heterocycles. The topological polar surface area (TPSA) is 21.7 Å². The fourth-order valence-corrected chi connectivity index (χ4v) is 2.41. The number of hydrogen-bond acceptors (Lipinski definition) is 3. The smallest absolute Gasteiger partial charge is 0.161 e. The van der Waals surface area contributed by atoms with Crippen LogP contribution in [0.2, 0.25) is 0 Å². The van der Waals surface area contributed by atoms with Gasteiger partial charge in [-0.25, -0.2) is 0 Å². The summed E-state index contributed by atoms with van der Waals surface area (Å²) in [5.74, 6) is 1.64. The highest BCUT2D eigenvalue weighted by Gasteiger charge is 2.19. The quantitative estimate of drug-likeness (QED) is 0.742. The summed E-state index contributed by atoms with van der Waals surface area (Å²) in [6.45, 7) is 6.27. The molecule has 0 aliphatic carbocycles. The van der Waals surface area contributed by atoms with E-state index < -0.39 is 0 Å². The molecule has 1 saturated heterocycles. The zero-order valence-electron chi connectivity index (χ0n) is 10.8. The molecule has 0 saturated carbocycles. The van der Waals surface area contributed by atoms with Gasteiger partial charge in [0.1, 0.15) is 6.61 Å². The average Bonchev–Trinajstić information content (AvgIpc) is 2.78. The third-order valence-electron chi connectivity index (χ3n) is 3.03. The molecular weight excluding hydrogens is 250 g/mol. The van der Waals surface area contributed by atoms with E-state index in [2.05, 4.69) is 4.90 Å². The lowest BCUT2D eigenvalue weighted by atomic mass is 10.3. The highest BCUT2D eigenvalue weighted by molar-refractivity contribution is 6.20. The van der Waals surface area contributed by atoms with Crippen LogP contribution in [-0.2, 0) is 0 Å². The first-order valence-corrected chi connectivity index (χ1v) is 6.94. The van der Waals surface area contributed by atoms with Gasteiger partial charge in [0, 0.05) is 18.5 Å². The number of alkyl halides is 1. The number of likely N-dealkylation sites (tertiary alicyclic amines) is 1. The third-order valence-corrected chi connectivity index (χ3v) is 3.39. The summed E-state index contributed by atoms with van der Waals surface area (Å²) in [5, 5.41) is 0.306. The second kappa shape index (κ2) is 6.86. The van der Waals surface area contributed by atoms with Crippen LogP contribution in [0.3, 0.4) is 0 Å². The van der Waals surface area contributed by atoms with Crippen LogP contribution in [0.25, 0.3) is 0 Å². The van der Waals surface area contributed by atoms with Crippen molar-refractivity contribution in [2.24, 2.45) is 0 Å². The van der Waals surface area contributed by atoms with Crippen molar-refractivity contribution in [3.8, 4) is 11.5 Å². The minimum Gasteiger partial charge on any atom is -0.490 e. The van der Waals surface area contributed by atoms with E-state index in [1.165, 1.54) is 0 Å². The van der Waals surface area contributed by atoms with Gasteiger partial charge in [0.25, 0.3) is 0 Å². The lowest BCUT2D eigenvalue weighted by molar-refractivity contribution is 0.226. The maximum absolute atomic E-state index is 6.07. The summed E-state index contributed by atoms with van der Waals surface area (Å²) in [5.41, 5.74) is 0. The molecule has 0 radical (unpaired) electrons. The van der Waals surface area contributed by atoms with Crippen molar-refractivity contribution in [3.05, 3.63) is 24.3 Å². The van der Waals surface area contributed by atoms with Crippen molar-refractivity contribution in [2.45, 2.75) is 18.7 Å². The molecule has 0 spiro atoms. The van der Waals surface area contributed by atoms with Crippen LogP contribution in [0.15, 0.2) is 24.3 Å². The number of nitrogens with zero attached hydrogens (tertiary/aromatic N) is 1. The molecule has 1 aromatic rings. The van der Waals surface area contributed by atoms with E-state index in [9.17, 15) is 0 Å². The summed E-state index contributed by atoms with van der Waals surface area (Å²) >= 11 is 6.07. The molecule has 3 nitrogen and oxygen atoms in total. The lowest BCUT2D eigenvalue weighted by Crippen LogP contribution is -2.26.